The van der Waals surface area contributed by atoms with E-state index < -0.39 is 5.91 Å². The largest absolute Gasteiger partial charge is 0.366 e. The van der Waals surface area contributed by atoms with Crippen LogP contribution in [0.15, 0.2) is 54.6 Å². The molecule has 3 aromatic carbocycles. The van der Waals surface area contributed by atoms with E-state index in [1.165, 1.54) is 16.7 Å². The molecule has 1 atom stereocenters. The van der Waals surface area contributed by atoms with Crippen molar-refractivity contribution in [2.45, 2.75) is 18.9 Å². The topological polar surface area (TPSA) is 58.4 Å². The van der Waals surface area contributed by atoms with Crippen LogP contribution in [-0.4, -0.2) is 37.0 Å². The summed E-state index contributed by atoms with van der Waals surface area (Å²) in [5.74, 6) is -0.398. The van der Waals surface area contributed by atoms with E-state index in [9.17, 15) is 4.79 Å². The summed E-state index contributed by atoms with van der Waals surface area (Å²) < 4.78 is 0. The smallest absolute Gasteiger partial charge is 0.248 e. The van der Waals surface area contributed by atoms with Crippen LogP contribution in [0.25, 0.3) is 11.1 Å². The molecule has 1 amide bonds. The molecule has 1 unspecified atom stereocenters. The molecule has 2 aliphatic rings. The maximum absolute atomic E-state index is 12.2. The van der Waals surface area contributed by atoms with Gasteiger partial charge in [0.1, 0.15) is 0 Å². The van der Waals surface area contributed by atoms with Crippen molar-refractivity contribution in [1.29, 1.82) is 0 Å². The van der Waals surface area contributed by atoms with Crippen molar-refractivity contribution in [3.8, 4) is 11.1 Å². The average molecular weight is 503 g/mol. The third-order valence-corrected chi connectivity index (χ3v) is 7.46. The first-order chi connectivity index (χ1) is 15.5. The predicted octanol–water partition coefficient (Wildman–Crippen LogP) is 5.27. The molecule has 1 aliphatic heterocycles. The standard InChI is InChI=1S/C26H25Cl2N3O.ClH/c27-22-7-3-5-17(25(22)28)15-23(31-10-8-30-9-11-31)21-14-19(26(29)32)13-18-12-16-4-1-2-6-20(16)24(18)21;/h1-7,13-14,23,30H,8-12,15H2,(H2,29,32);1H. The molecule has 4 nitrogen and oxygen atoms in total. The molecule has 33 heavy (non-hydrogen) atoms. The minimum Gasteiger partial charge on any atom is -0.366 e. The molecule has 3 aromatic rings. The second-order valence-corrected chi connectivity index (χ2v) is 9.30. The normalized spacial score (nSPS) is 15.9. The highest BCUT2D eigenvalue weighted by molar-refractivity contribution is 6.42. The Bertz CT molecular complexity index is 1190. The van der Waals surface area contributed by atoms with E-state index in [-0.39, 0.29) is 18.4 Å². The maximum atomic E-state index is 12.2. The van der Waals surface area contributed by atoms with Crippen molar-refractivity contribution in [3.05, 3.63) is 92.5 Å². The van der Waals surface area contributed by atoms with Gasteiger partial charge in [0.25, 0.3) is 0 Å². The average Bonchev–Trinajstić information content (AvgIpc) is 3.19. The van der Waals surface area contributed by atoms with Gasteiger partial charge in [-0.15, -0.1) is 12.4 Å². The predicted molar refractivity (Wildman–Crippen MR) is 138 cm³/mol. The fraction of sp³-hybridized carbons (Fsp3) is 0.269. The molecule has 0 saturated carbocycles. The van der Waals surface area contributed by atoms with Gasteiger partial charge in [0.05, 0.1) is 10.0 Å². The molecule has 3 N–H and O–H groups in total. The lowest BCUT2D eigenvalue weighted by Gasteiger charge is -2.37. The Morgan fingerprint density at radius 3 is 2.55 bits per heavy atom. The van der Waals surface area contributed by atoms with Gasteiger partial charge in [-0.3, -0.25) is 9.69 Å². The molecule has 1 fully saturated rings. The van der Waals surface area contributed by atoms with Crippen molar-refractivity contribution in [2.24, 2.45) is 5.73 Å². The van der Waals surface area contributed by atoms with E-state index in [4.69, 9.17) is 28.9 Å². The second-order valence-electron chi connectivity index (χ2n) is 8.52. The van der Waals surface area contributed by atoms with E-state index in [2.05, 4.69) is 34.5 Å². The van der Waals surface area contributed by atoms with Crippen molar-refractivity contribution >= 4 is 41.5 Å². The molecule has 1 aliphatic carbocycles. The number of benzene rings is 3. The van der Waals surface area contributed by atoms with Crippen molar-refractivity contribution in [3.63, 3.8) is 0 Å². The molecule has 5 rings (SSSR count). The van der Waals surface area contributed by atoms with Gasteiger partial charge in [-0.05, 0) is 64.4 Å². The summed E-state index contributed by atoms with van der Waals surface area (Å²) in [5, 5.41) is 4.59. The number of fused-ring (bicyclic) bond motifs is 3. The number of amides is 1. The number of halogens is 3. The molecule has 1 saturated heterocycles. The number of primary amides is 1. The first kappa shape index (κ1) is 24.1. The minimum absolute atomic E-state index is 0. The third-order valence-electron chi connectivity index (χ3n) is 6.60. The first-order valence-corrected chi connectivity index (χ1v) is 11.7. The van der Waals surface area contributed by atoms with Gasteiger partial charge in [0.15, 0.2) is 0 Å². The van der Waals surface area contributed by atoms with Crippen LogP contribution in [0.4, 0.5) is 0 Å². The number of rotatable bonds is 5. The zero-order valence-electron chi connectivity index (χ0n) is 18.1. The zero-order chi connectivity index (χ0) is 22.2. The van der Waals surface area contributed by atoms with Gasteiger partial charge in [-0.2, -0.15) is 0 Å². The Labute approximate surface area is 210 Å². The summed E-state index contributed by atoms with van der Waals surface area (Å²) in [4.78, 5) is 14.7. The van der Waals surface area contributed by atoms with Crippen LogP contribution in [0.2, 0.25) is 10.0 Å². The van der Waals surface area contributed by atoms with Gasteiger partial charge in [-0.25, -0.2) is 0 Å². The number of piperazine rings is 1. The lowest BCUT2D eigenvalue weighted by Crippen LogP contribution is -2.45. The highest BCUT2D eigenvalue weighted by Gasteiger charge is 2.31. The summed E-state index contributed by atoms with van der Waals surface area (Å²) in [5.41, 5.74) is 13.4. The number of carbonyl (C=O) groups is 1. The van der Waals surface area contributed by atoms with Crippen LogP contribution < -0.4 is 11.1 Å². The molecule has 0 aromatic heterocycles. The SMILES string of the molecule is Cl.NC(=O)c1cc2c(c(C(Cc3cccc(Cl)c3Cl)N3CCNCC3)c1)-c1ccccc1C2. The summed E-state index contributed by atoms with van der Waals surface area (Å²) in [7, 11) is 0. The minimum atomic E-state index is -0.398. The van der Waals surface area contributed by atoms with Crippen LogP contribution in [-0.2, 0) is 12.8 Å². The molecular formula is C26H26Cl3N3O. The fourth-order valence-electron chi connectivity index (χ4n) is 5.07. The Hall–Kier alpha value is -2.08. The van der Waals surface area contributed by atoms with Crippen molar-refractivity contribution in [1.82, 2.24) is 10.2 Å². The van der Waals surface area contributed by atoms with Gasteiger partial charge < -0.3 is 11.1 Å². The number of nitrogens with one attached hydrogen (secondary N) is 1. The molecular weight excluding hydrogens is 477 g/mol. The summed E-state index contributed by atoms with van der Waals surface area (Å²) in [6.07, 6.45) is 1.52. The number of hydrogen-bond donors (Lipinski definition) is 2. The highest BCUT2D eigenvalue weighted by atomic mass is 35.5. The summed E-state index contributed by atoms with van der Waals surface area (Å²) in [6.45, 7) is 3.68. The van der Waals surface area contributed by atoms with E-state index in [0.29, 0.717) is 22.0 Å². The molecule has 7 heteroatoms. The first-order valence-electron chi connectivity index (χ1n) is 11.0. The molecule has 0 radical (unpaired) electrons. The highest BCUT2D eigenvalue weighted by Crippen LogP contribution is 2.44. The number of nitrogens with two attached hydrogens (primary N) is 1. The molecule has 0 spiro atoms. The maximum Gasteiger partial charge on any atom is 0.248 e. The van der Waals surface area contributed by atoms with Crippen LogP contribution >= 0.6 is 35.6 Å². The van der Waals surface area contributed by atoms with E-state index in [1.54, 1.807) is 0 Å². The van der Waals surface area contributed by atoms with E-state index in [0.717, 1.165) is 49.3 Å². The third kappa shape index (κ3) is 4.64. The van der Waals surface area contributed by atoms with Gasteiger partial charge >= 0.3 is 0 Å². The van der Waals surface area contributed by atoms with Crippen LogP contribution in [0.1, 0.15) is 38.7 Å². The van der Waals surface area contributed by atoms with Crippen LogP contribution in [0.5, 0.6) is 0 Å². The number of nitrogens with zero attached hydrogens (tertiary/aromatic N) is 1. The van der Waals surface area contributed by atoms with Gasteiger partial charge in [-0.1, -0.05) is 59.6 Å². The van der Waals surface area contributed by atoms with Crippen molar-refractivity contribution in [2.75, 3.05) is 26.2 Å². The Morgan fingerprint density at radius 1 is 1.03 bits per heavy atom. The monoisotopic (exact) mass is 501 g/mol. The fourth-order valence-corrected chi connectivity index (χ4v) is 5.46. The quantitative estimate of drug-likeness (QED) is 0.391. The molecule has 0 bridgehead atoms. The summed E-state index contributed by atoms with van der Waals surface area (Å²) in [6, 6.07) is 18.3. The molecule has 1 heterocycles. The summed E-state index contributed by atoms with van der Waals surface area (Å²) >= 11 is 12.9. The van der Waals surface area contributed by atoms with Crippen molar-refractivity contribution < 1.29 is 4.79 Å². The van der Waals surface area contributed by atoms with E-state index in [1.807, 2.05) is 30.3 Å². The van der Waals surface area contributed by atoms with E-state index >= 15 is 0 Å². The Morgan fingerprint density at radius 2 is 1.79 bits per heavy atom. The Kier molecular flexibility index (Phi) is 7.32. The number of hydrogen-bond acceptors (Lipinski definition) is 3. The van der Waals surface area contributed by atoms with Gasteiger partial charge in [0, 0.05) is 37.8 Å². The lowest BCUT2D eigenvalue weighted by atomic mass is 9.88. The Balaban J connectivity index is 0.00000259. The van der Waals surface area contributed by atoms with Gasteiger partial charge in [0.2, 0.25) is 5.91 Å². The second kappa shape index (κ2) is 10.0. The molecule has 172 valence electrons. The lowest BCUT2D eigenvalue weighted by molar-refractivity contribution is 0.1000. The van der Waals surface area contributed by atoms with Crippen LogP contribution in [0, 0.1) is 0 Å². The zero-order valence-corrected chi connectivity index (χ0v) is 20.4. The van der Waals surface area contributed by atoms with Crippen LogP contribution in [0.3, 0.4) is 0 Å². The number of carbonyl (C=O) groups excluding carboxylic acids is 1.